The van der Waals surface area contributed by atoms with Gasteiger partial charge in [0.1, 0.15) is 5.88 Å². The van der Waals surface area contributed by atoms with Gasteiger partial charge in [0.2, 0.25) is 0 Å². The molecule has 0 spiro atoms. The lowest BCUT2D eigenvalue weighted by Gasteiger charge is -1.86. The largest absolute Gasteiger partial charge is 0.480 e. The smallest absolute Gasteiger partial charge is 0.318 e. The number of halogens is 1. The first-order valence-electron chi connectivity index (χ1n) is 3.54. The van der Waals surface area contributed by atoms with Crippen molar-refractivity contribution in [3.63, 3.8) is 0 Å². The lowest BCUT2D eigenvalue weighted by molar-refractivity contribution is -0.134. The Bertz CT molecular complexity index is 307. The maximum atomic E-state index is 10.6. The van der Waals surface area contributed by atoms with E-state index in [1.807, 2.05) is 6.92 Å². The van der Waals surface area contributed by atoms with Crippen LogP contribution in [0.5, 0.6) is 0 Å². The molecule has 0 aromatic carbocycles. The van der Waals surface area contributed by atoms with Gasteiger partial charge in [0.05, 0.1) is 0 Å². The number of hydrogen-bond acceptors (Lipinski definition) is 3. The van der Waals surface area contributed by atoms with Gasteiger partial charge in [-0.1, -0.05) is 11.5 Å². The minimum atomic E-state index is -0.980. The first kappa shape index (κ1) is 12.2. The third-order valence-corrected chi connectivity index (χ3v) is 2.23. The van der Waals surface area contributed by atoms with E-state index in [0.29, 0.717) is 0 Å². The molecule has 1 aromatic rings. The van der Waals surface area contributed by atoms with E-state index < -0.39 is 5.97 Å². The number of aromatic nitrogens is 1. The zero-order valence-electron chi connectivity index (χ0n) is 7.07. The van der Waals surface area contributed by atoms with Crippen LogP contribution in [0.4, 0.5) is 0 Å². The lowest BCUT2D eigenvalue weighted by atomic mass is 10.7. The van der Waals surface area contributed by atoms with Crippen LogP contribution in [-0.2, 0) is 11.3 Å². The van der Waals surface area contributed by atoms with Crippen molar-refractivity contribution < 1.29 is 9.90 Å². The predicted octanol–water partition coefficient (Wildman–Crippen LogP) is 1.24. The first-order chi connectivity index (χ1) is 6.11. The second-order valence-corrected chi connectivity index (χ2v) is 3.16. The first-order valence-corrected chi connectivity index (χ1v) is 4.91. The highest BCUT2D eigenvalue weighted by atomic mass is 35.5. The summed E-state index contributed by atoms with van der Waals surface area (Å²) in [4.78, 5) is 19.9. The number of carbonyl (C=O) groups is 1. The van der Waals surface area contributed by atoms with Crippen molar-refractivity contribution in [2.75, 3.05) is 5.88 Å². The molecule has 6 heteroatoms. The van der Waals surface area contributed by atoms with E-state index in [0.717, 1.165) is 6.54 Å². The zero-order chi connectivity index (χ0) is 10.3. The molecular weight excluding hydrogens is 214 g/mol. The van der Waals surface area contributed by atoms with Crippen molar-refractivity contribution >= 4 is 29.1 Å². The number of aliphatic carboxylic acids is 1. The van der Waals surface area contributed by atoms with Crippen molar-refractivity contribution in [1.82, 2.24) is 3.96 Å². The second kappa shape index (κ2) is 6.68. The Hall–Kier alpha value is -0.810. The molecule has 74 valence electrons. The standard InChI is InChI=1S/C5H7NOS.C2H3ClO2/c1-2-6-5(7)3-4-8-6;3-1-2(4)5/h3-4H,2H2,1H3;1H2,(H,4,5). The van der Waals surface area contributed by atoms with E-state index in [1.54, 1.807) is 15.4 Å². The molecule has 0 amide bonds. The Balaban J connectivity index is 0.000000252. The van der Waals surface area contributed by atoms with Gasteiger partial charge in [0.25, 0.3) is 5.56 Å². The van der Waals surface area contributed by atoms with Crippen LogP contribution in [-0.4, -0.2) is 20.9 Å². The fourth-order valence-electron chi connectivity index (χ4n) is 0.528. The van der Waals surface area contributed by atoms with Crippen LogP contribution in [0.25, 0.3) is 0 Å². The summed E-state index contributed by atoms with van der Waals surface area (Å²) < 4.78 is 1.69. The average Bonchev–Trinajstić information content (AvgIpc) is 2.52. The monoisotopic (exact) mass is 223 g/mol. The number of rotatable bonds is 2. The van der Waals surface area contributed by atoms with E-state index in [9.17, 15) is 9.59 Å². The average molecular weight is 224 g/mol. The summed E-state index contributed by atoms with van der Waals surface area (Å²) in [5.74, 6) is -1.29. The van der Waals surface area contributed by atoms with E-state index in [2.05, 4.69) is 0 Å². The highest BCUT2D eigenvalue weighted by Crippen LogP contribution is 1.89. The normalized spacial score (nSPS) is 8.77. The van der Waals surface area contributed by atoms with Crippen LogP contribution in [0.2, 0.25) is 0 Å². The van der Waals surface area contributed by atoms with Gasteiger partial charge in [-0.3, -0.25) is 13.5 Å². The van der Waals surface area contributed by atoms with E-state index >= 15 is 0 Å². The van der Waals surface area contributed by atoms with Gasteiger partial charge < -0.3 is 5.11 Å². The Kier molecular flexibility index (Phi) is 6.26. The van der Waals surface area contributed by atoms with Gasteiger partial charge in [-0.05, 0) is 6.92 Å². The van der Waals surface area contributed by atoms with Crippen LogP contribution in [0.1, 0.15) is 6.92 Å². The minimum Gasteiger partial charge on any atom is -0.480 e. The van der Waals surface area contributed by atoms with Crippen LogP contribution in [0.15, 0.2) is 16.2 Å². The van der Waals surface area contributed by atoms with Crippen molar-refractivity contribution in [1.29, 1.82) is 0 Å². The summed E-state index contributed by atoms with van der Waals surface area (Å²) in [5, 5.41) is 9.39. The summed E-state index contributed by atoms with van der Waals surface area (Å²) in [6, 6.07) is 1.58. The quantitative estimate of drug-likeness (QED) is 0.768. The number of alkyl halides is 1. The van der Waals surface area contributed by atoms with Crippen LogP contribution < -0.4 is 5.56 Å². The predicted molar refractivity (Wildman–Crippen MR) is 52.6 cm³/mol. The van der Waals surface area contributed by atoms with Gasteiger partial charge in [-0.15, -0.1) is 11.6 Å². The highest BCUT2D eigenvalue weighted by molar-refractivity contribution is 7.04. The summed E-state index contributed by atoms with van der Waals surface area (Å²) in [5.41, 5.74) is 0.109. The topological polar surface area (TPSA) is 59.3 Å². The maximum absolute atomic E-state index is 10.6. The van der Waals surface area contributed by atoms with Crippen molar-refractivity contribution in [2.24, 2.45) is 0 Å². The lowest BCUT2D eigenvalue weighted by Crippen LogP contribution is -2.09. The van der Waals surface area contributed by atoms with Gasteiger partial charge in [-0.25, -0.2) is 0 Å². The molecule has 1 heterocycles. The number of aryl methyl sites for hydroxylation is 1. The van der Waals surface area contributed by atoms with Crippen molar-refractivity contribution in [3.8, 4) is 0 Å². The van der Waals surface area contributed by atoms with Gasteiger partial charge >= 0.3 is 5.97 Å². The summed E-state index contributed by atoms with van der Waals surface area (Å²) >= 11 is 6.19. The molecule has 1 N–H and O–H groups in total. The van der Waals surface area contributed by atoms with E-state index in [1.165, 1.54) is 11.5 Å². The highest BCUT2D eigenvalue weighted by Gasteiger charge is 1.88. The molecule has 0 atom stereocenters. The summed E-state index contributed by atoms with van der Waals surface area (Å²) in [6.45, 7) is 2.74. The van der Waals surface area contributed by atoms with Crippen LogP contribution in [0.3, 0.4) is 0 Å². The zero-order valence-corrected chi connectivity index (χ0v) is 8.64. The number of carboxylic acid groups (broad SMARTS) is 1. The SMILES string of the molecule is CCn1sccc1=O.O=C(O)CCl. The van der Waals surface area contributed by atoms with E-state index in [-0.39, 0.29) is 11.4 Å². The molecule has 1 rings (SSSR count). The Morgan fingerprint density at radius 1 is 1.77 bits per heavy atom. The Labute approximate surface area is 84.5 Å². The molecule has 0 bridgehead atoms. The molecule has 0 aliphatic heterocycles. The van der Waals surface area contributed by atoms with Crippen LogP contribution >= 0.6 is 23.1 Å². The third kappa shape index (κ3) is 5.43. The number of carboxylic acids is 1. The maximum Gasteiger partial charge on any atom is 0.318 e. The minimum absolute atomic E-state index is 0.109. The molecule has 0 saturated heterocycles. The van der Waals surface area contributed by atoms with Gasteiger partial charge in [-0.2, -0.15) is 0 Å². The molecule has 4 nitrogen and oxygen atoms in total. The second-order valence-electron chi connectivity index (χ2n) is 1.97. The Morgan fingerprint density at radius 2 is 2.31 bits per heavy atom. The van der Waals surface area contributed by atoms with E-state index in [4.69, 9.17) is 16.7 Å². The van der Waals surface area contributed by atoms with Crippen molar-refractivity contribution in [2.45, 2.75) is 13.5 Å². The molecule has 0 saturated carbocycles. The fourth-order valence-corrected chi connectivity index (χ4v) is 1.17. The van der Waals surface area contributed by atoms with Crippen LogP contribution in [0, 0.1) is 0 Å². The molecule has 13 heavy (non-hydrogen) atoms. The molecule has 1 aromatic heterocycles. The molecular formula is C7H10ClNO3S. The summed E-state index contributed by atoms with van der Waals surface area (Å²) in [7, 11) is 0. The number of nitrogens with zero attached hydrogens (tertiary/aromatic N) is 1. The van der Waals surface area contributed by atoms with Gasteiger partial charge in [0, 0.05) is 18.0 Å². The molecule has 0 aliphatic carbocycles. The molecule has 0 unspecified atom stereocenters. The van der Waals surface area contributed by atoms with Crippen molar-refractivity contribution in [3.05, 3.63) is 21.8 Å². The molecule has 0 fully saturated rings. The van der Waals surface area contributed by atoms with Gasteiger partial charge in [0.15, 0.2) is 0 Å². The molecule has 0 radical (unpaired) electrons. The third-order valence-electron chi connectivity index (χ3n) is 1.05. The fraction of sp³-hybridized carbons (Fsp3) is 0.429. The number of hydrogen-bond donors (Lipinski definition) is 1. The summed E-state index contributed by atoms with van der Waals surface area (Å²) in [6.07, 6.45) is 0. The Morgan fingerprint density at radius 3 is 2.46 bits per heavy atom. The molecule has 0 aliphatic rings.